The van der Waals surface area contributed by atoms with Crippen molar-refractivity contribution in [2.24, 2.45) is 5.73 Å². The summed E-state index contributed by atoms with van der Waals surface area (Å²) in [6, 6.07) is 6.48. The Morgan fingerprint density at radius 2 is 2.00 bits per heavy atom. The maximum Gasteiger partial charge on any atom is 0.0411 e. The van der Waals surface area contributed by atoms with Crippen LogP contribution in [0, 0.1) is 6.92 Å². The third kappa shape index (κ3) is 1.55. The second kappa shape index (κ2) is 3.25. The monoisotopic (exact) mass is 209 g/mol. The first kappa shape index (κ1) is 10.0. The van der Waals surface area contributed by atoms with Gasteiger partial charge in [-0.05, 0) is 49.9 Å². The average molecular weight is 210 g/mol. The van der Waals surface area contributed by atoms with Crippen molar-refractivity contribution in [3.8, 4) is 0 Å². The Morgan fingerprint density at radius 1 is 1.36 bits per heavy atom. The van der Waals surface area contributed by atoms with Crippen LogP contribution >= 0.6 is 11.6 Å². The van der Waals surface area contributed by atoms with Crippen LogP contribution in [0.4, 0.5) is 0 Å². The minimum atomic E-state index is 0.218. The SMILES string of the molecule is Cc1cc(Cl)cc(C2(C(C)N)CC2)c1. The van der Waals surface area contributed by atoms with E-state index < -0.39 is 0 Å². The fourth-order valence-corrected chi connectivity index (χ4v) is 2.46. The van der Waals surface area contributed by atoms with Crippen molar-refractivity contribution >= 4 is 11.6 Å². The van der Waals surface area contributed by atoms with Crippen molar-refractivity contribution in [1.82, 2.24) is 0 Å². The fourth-order valence-electron chi connectivity index (χ4n) is 2.17. The quantitative estimate of drug-likeness (QED) is 0.796. The van der Waals surface area contributed by atoms with E-state index in [0.717, 1.165) is 5.02 Å². The molecule has 0 saturated heterocycles. The Hall–Kier alpha value is -0.530. The molecule has 0 bridgehead atoms. The predicted molar refractivity (Wildman–Crippen MR) is 60.8 cm³/mol. The Balaban J connectivity index is 2.42. The van der Waals surface area contributed by atoms with Gasteiger partial charge in [0, 0.05) is 16.5 Å². The topological polar surface area (TPSA) is 26.0 Å². The summed E-state index contributed by atoms with van der Waals surface area (Å²) >= 11 is 6.05. The molecular formula is C12H16ClN. The zero-order valence-electron chi connectivity index (χ0n) is 8.68. The summed E-state index contributed by atoms with van der Waals surface area (Å²) in [4.78, 5) is 0. The highest BCUT2D eigenvalue weighted by Crippen LogP contribution is 2.50. The first-order valence-electron chi connectivity index (χ1n) is 5.08. The van der Waals surface area contributed by atoms with Crippen molar-refractivity contribution in [2.45, 2.75) is 38.1 Å². The first-order chi connectivity index (χ1) is 6.54. The molecule has 0 aliphatic heterocycles. The van der Waals surface area contributed by atoms with Crippen LogP contribution in [0.15, 0.2) is 18.2 Å². The van der Waals surface area contributed by atoms with Crippen LogP contribution < -0.4 is 5.73 Å². The van der Waals surface area contributed by atoms with E-state index >= 15 is 0 Å². The van der Waals surface area contributed by atoms with Gasteiger partial charge in [0.25, 0.3) is 0 Å². The third-order valence-electron chi connectivity index (χ3n) is 3.28. The van der Waals surface area contributed by atoms with Gasteiger partial charge in [0.2, 0.25) is 0 Å². The number of halogens is 1. The molecule has 1 unspecified atom stereocenters. The smallest absolute Gasteiger partial charge is 0.0411 e. The van der Waals surface area contributed by atoms with Crippen molar-refractivity contribution in [1.29, 1.82) is 0 Å². The van der Waals surface area contributed by atoms with Crippen LogP contribution in [0.1, 0.15) is 30.9 Å². The van der Waals surface area contributed by atoms with Crippen molar-refractivity contribution in [2.75, 3.05) is 0 Å². The van der Waals surface area contributed by atoms with E-state index in [2.05, 4.69) is 26.0 Å². The maximum atomic E-state index is 6.05. The lowest BCUT2D eigenvalue weighted by atomic mass is 9.89. The Labute approximate surface area is 90.3 Å². The highest BCUT2D eigenvalue weighted by molar-refractivity contribution is 6.30. The van der Waals surface area contributed by atoms with Crippen LogP contribution in [0.3, 0.4) is 0 Å². The van der Waals surface area contributed by atoms with Gasteiger partial charge in [0.1, 0.15) is 0 Å². The van der Waals surface area contributed by atoms with E-state index in [4.69, 9.17) is 17.3 Å². The highest BCUT2D eigenvalue weighted by Gasteiger charge is 2.47. The third-order valence-corrected chi connectivity index (χ3v) is 3.50. The van der Waals surface area contributed by atoms with Gasteiger partial charge >= 0.3 is 0 Å². The summed E-state index contributed by atoms with van der Waals surface area (Å²) in [6.07, 6.45) is 2.40. The molecule has 0 radical (unpaired) electrons. The molecule has 1 atom stereocenters. The Kier molecular flexibility index (Phi) is 2.32. The molecule has 1 fully saturated rings. The van der Waals surface area contributed by atoms with Crippen molar-refractivity contribution in [3.05, 3.63) is 34.3 Å². The molecule has 0 spiro atoms. The van der Waals surface area contributed by atoms with E-state index in [1.54, 1.807) is 0 Å². The van der Waals surface area contributed by atoms with Gasteiger partial charge in [-0.25, -0.2) is 0 Å². The minimum Gasteiger partial charge on any atom is -0.327 e. The highest BCUT2D eigenvalue weighted by atomic mass is 35.5. The Bertz CT molecular complexity index is 333. The molecule has 1 saturated carbocycles. The van der Waals surface area contributed by atoms with Gasteiger partial charge in [0.05, 0.1) is 0 Å². The van der Waals surface area contributed by atoms with E-state index in [9.17, 15) is 0 Å². The van der Waals surface area contributed by atoms with E-state index in [-0.39, 0.29) is 11.5 Å². The lowest BCUT2D eigenvalue weighted by molar-refractivity contribution is 0.556. The van der Waals surface area contributed by atoms with Gasteiger partial charge in [-0.3, -0.25) is 0 Å². The number of benzene rings is 1. The van der Waals surface area contributed by atoms with Gasteiger partial charge in [-0.1, -0.05) is 17.7 Å². The normalized spacial score (nSPS) is 20.6. The summed E-state index contributed by atoms with van der Waals surface area (Å²) in [7, 11) is 0. The molecule has 1 aromatic carbocycles. The number of aryl methyl sites for hydroxylation is 1. The molecule has 76 valence electrons. The van der Waals surface area contributed by atoms with Crippen LogP contribution in [0.25, 0.3) is 0 Å². The first-order valence-corrected chi connectivity index (χ1v) is 5.46. The van der Waals surface area contributed by atoms with Gasteiger partial charge < -0.3 is 5.73 Å². The van der Waals surface area contributed by atoms with Crippen LogP contribution in [-0.4, -0.2) is 6.04 Å². The second-order valence-electron chi connectivity index (χ2n) is 4.46. The second-order valence-corrected chi connectivity index (χ2v) is 4.90. The lowest BCUT2D eigenvalue weighted by Crippen LogP contribution is -2.31. The molecule has 1 aliphatic carbocycles. The fraction of sp³-hybridized carbons (Fsp3) is 0.500. The molecule has 14 heavy (non-hydrogen) atoms. The van der Waals surface area contributed by atoms with Gasteiger partial charge in [-0.15, -0.1) is 0 Å². The van der Waals surface area contributed by atoms with E-state index in [0.29, 0.717) is 0 Å². The van der Waals surface area contributed by atoms with Crippen LogP contribution in [-0.2, 0) is 5.41 Å². The zero-order chi connectivity index (χ0) is 10.3. The maximum absolute atomic E-state index is 6.05. The number of nitrogens with two attached hydrogens (primary N) is 1. The molecule has 0 heterocycles. The molecule has 0 amide bonds. The van der Waals surface area contributed by atoms with Crippen molar-refractivity contribution < 1.29 is 0 Å². The minimum absolute atomic E-state index is 0.218. The van der Waals surface area contributed by atoms with Crippen molar-refractivity contribution in [3.63, 3.8) is 0 Å². The summed E-state index contributed by atoms with van der Waals surface area (Å²) < 4.78 is 0. The molecule has 0 aromatic heterocycles. The van der Waals surface area contributed by atoms with Crippen LogP contribution in [0.5, 0.6) is 0 Å². The van der Waals surface area contributed by atoms with E-state index in [1.807, 2.05) is 6.07 Å². The average Bonchev–Trinajstić information content (AvgIpc) is 2.81. The summed E-state index contributed by atoms with van der Waals surface area (Å²) in [5.74, 6) is 0. The molecular weight excluding hydrogens is 194 g/mol. The zero-order valence-corrected chi connectivity index (χ0v) is 9.43. The summed E-state index contributed by atoms with van der Waals surface area (Å²) in [5.41, 5.74) is 8.78. The standard InChI is InChI=1S/C12H16ClN/c1-8-5-10(7-11(13)6-8)12(3-4-12)9(2)14/h5-7,9H,3-4,14H2,1-2H3. The number of hydrogen-bond acceptors (Lipinski definition) is 1. The number of rotatable bonds is 2. The molecule has 1 nitrogen and oxygen atoms in total. The lowest BCUT2D eigenvalue weighted by Gasteiger charge is -2.20. The molecule has 1 aromatic rings. The van der Waals surface area contributed by atoms with Gasteiger partial charge in [0.15, 0.2) is 0 Å². The van der Waals surface area contributed by atoms with Crippen LogP contribution in [0.2, 0.25) is 5.02 Å². The summed E-state index contributed by atoms with van der Waals surface area (Å²) in [5, 5.41) is 0.826. The van der Waals surface area contributed by atoms with Gasteiger partial charge in [-0.2, -0.15) is 0 Å². The molecule has 2 N–H and O–H groups in total. The Morgan fingerprint density at radius 3 is 2.43 bits per heavy atom. The molecule has 2 heteroatoms. The number of hydrogen-bond donors (Lipinski definition) is 1. The molecule has 2 rings (SSSR count). The predicted octanol–water partition coefficient (Wildman–Crippen LogP) is 3.03. The largest absolute Gasteiger partial charge is 0.327 e. The molecule has 1 aliphatic rings. The summed E-state index contributed by atoms with van der Waals surface area (Å²) in [6.45, 7) is 4.16. The van der Waals surface area contributed by atoms with E-state index in [1.165, 1.54) is 24.0 Å².